The summed E-state index contributed by atoms with van der Waals surface area (Å²) >= 11 is 0. The van der Waals surface area contributed by atoms with Crippen LogP contribution >= 0.6 is 0 Å². The number of likely N-dealkylation sites (N-methyl/N-ethyl adjacent to an activating group) is 1. The molecule has 4 aromatic rings. The topological polar surface area (TPSA) is 88.2 Å². The SMILES string of the molecule is C=CS(=O)(=O)N(C)CCOc1cnccc1-c1[nH]c2cccnc2c1-c1cc(C(F)(F)F)ccc1F. The highest BCUT2D eigenvalue weighted by atomic mass is 32.2. The molecular weight excluding hydrogens is 500 g/mol. The Morgan fingerprint density at radius 3 is 2.67 bits per heavy atom. The van der Waals surface area contributed by atoms with Crippen molar-refractivity contribution in [2.24, 2.45) is 0 Å². The molecule has 0 atom stereocenters. The van der Waals surface area contributed by atoms with Gasteiger partial charge in [0.05, 0.1) is 28.5 Å². The van der Waals surface area contributed by atoms with Crippen LogP contribution in [-0.2, 0) is 16.2 Å². The largest absolute Gasteiger partial charge is 0.490 e. The van der Waals surface area contributed by atoms with Gasteiger partial charge in [0.15, 0.2) is 0 Å². The van der Waals surface area contributed by atoms with Gasteiger partial charge in [0.1, 0.15) is 18.2 Å². The van der Waals surface area contributed by atoms with E-state index in [-0.39, 0.29) is 41.2 Å². The molecule has 1 aromatic carbocycles. The van der Waals surface area contributed by atoms with E-state index in [1.165, 1.54) is 25.6 Å². The highest BCUT2D eigenvalue weighted by Crippen LogP contribution is 2.43. The normalized spacial score (nSPS) is 12.3. The Morgan fingerprint density at radius 2 is 1.94 bits per heavy atom. The van der Waals surface area contributed by atoms with E-state index >= 15 is 0 Å². The number of aromatic nitrogens is 3. The van der Waals surface area contributed by atoms with Gasteiger partial charge in [0.25, 0.3) is 0 Å². The van der Waals surface area contributed by atoms with Gasteiger partial charge >= 0.3 is 6.18 Å². The Hall–Kier alpha value is -3.77. The maximum atomic E-state index is 15.0. The lowest BCUT2D eigenvalue weighted by molar-refractivity contribution is -0.137. The van der Waals surface area contributed by atoms with E-state index in [9.17, 15) is 26.0 Å². The predicted octanol–water partition coefficient (Wildman–Crippen LogP) is 5.23. The van der Waals surface area contributed by atoms with Gasteiger partial charge in [-0.2, -0.15) is 17.5 Å². The Labute approximate surface area is 204 Å². The van der Waals surface area contributed by atoms with Crippen LogP contribution in [-0.4, -0.2) is 47.9 Å². The molecule has 0 aliphatic carbocycles. The average molecular weight is 521 g/mol. The van der Waals surface area contributed by atoms with Crippen LogP contribution in [0.4, 0.5) is 17.6 Å². The minimum atomic E-state index is -4.68. The van der Waals surface area contributed by atoms with Crippen molar-refractivity contribution in [3.8, 4) is 28.1 Å². The van der Waals surface area contributed by atoms with Gasteiger partial charge in [-0.3, -0.25) is 9.97 Å². The van der Waals surface area contributed by atoms with Gasteiger partial charge in [-0.1, -0.05) is 6.58 Å². The van der Waals surface area contributed by atoms with E-state index in [0.717, 1.165) is 21.8 Å². The lowest BCUT2D eigenvalue weighted by Gasteiger charge is -2.16. The van der Waals surface area contributed by atoms with Crippen molar-refractivity contribution in [2.75, 3.05) is 20.2 Å². The third-order valence-electron chi connectivity index (χ3n) is 5.48. The van der Waals surface area contributed by atoms with Crippen molar-refractivity contribution in [2.45, 2.75) is 6.18 Å². The minimum Gasteiger partial charge on any atom is -0.490 e. The molecule has 188 valence electrons. The van der Waals surface area contributed by atoms with Crippen LogP contribution in [0.2, 0.25) is 0 Å². The number of nitrogens with one attached hydrogen (secondary N) is 1. The molecule has 0 bridgehead atoms. The first-order valence-corrected chi connectivity index (χ1v) is 12.0. The van der Waals surface area contributed by atoms with E-state index in [1.807, 2.05) is 0 Å². The number of benzene rings is 1. The predicted molar refractivity (Wildman–Crippen MR) is 127 cm³/mol. The maximum Gasteiger partial charge on any atom is 0.416 e. The maximum absolute atomic E-state index is 15.0. The van der Waals surface area contributed by atoms with E-state index in [4.69, 9.17) is 4.74 Å². The first kappa shape index (κ1) is 25.3. The smallest absolute Gasteiger partial charge is 0.416 e. The standard InChI is InChI=1S/C24H20F4N4O3S/c1-3-36(33,34)32(2)11-12-35-20-14-29-10-8-16(20)22-21(23-19(31-22)5-4-9-30-23)17-13-15(24(26,27)28)6-7-18(17)25/h3-10,13-14,31H,1,11-12H2,2H3. The molecule has 0 amide bonds. The fourth-order valence-electron chi connectivity index (χ4n) is 3.62. The molecule has 12 heteroatoms. The highest BCUT2D eigenvalue weighted by Gasteiger charge is 2.32. The van der Waals surface area contributed by atoms with Crippen molar-refractivity contribution in [3.05, 3.63) is 78.4 Å². The molecule has 36 heavy (non-hydrogen) atoms. The summed E-state index contributed by atoms with van der Waals surface area (Å²) in [5.41, 5.74) is 0.216. The van der Waals surface area contributed by atoms with Crippen LogP contribution in [0.5, 0.6) is 5.75 Å². The number of aromatic amines is 1. The van der Waals surface area contributed by atoms with E-state index in [2.05, 4.69) is 21.5 Å². The number of nitrogens with zero attached hydrogens (tertiary/aromatic N) is 3. The van der Waals surface area contributed by atoms with Crippen LogP contribution < -0.4 is 4.74 Å². The van der Waals surface area contributed by atoms with Crippen LogP contribution in [0.15, 0.2) is 67.0 Å². The molecule has 0 saturated carbocycles. The quantitative estimate of drug-likeness (QED) is 0.321. The molecule has 4 rings (SSSR count). The number of hydrogen-bond acceptors (Lipinski definition) is 5. The van der Waals surface area contributed by atoms with Gasteiger partial charge < -0.3 is 9.72 Å². The van der Waals surface area contributed by atoms with E-state index < -0.39 is 27.6 Å². The molecule has 0 aliphatic rings. The number of hydrogen-bond donors (Lipinski definition) is 1. The fraction of sp³-hybridized carbons (Fsp3) is 0.167. The second-order valence-electron chi connectivity index (χ2n) is 7.72. The average Bonchev–Trinajstić information content (AvgIpc) is 3.23. The number of alkyl halides is 3. The number of sulfonamides is 1. The minimum absolute atomic E-state index is 0.00788. The molecule has 7 nitrogen and oxygen atoms in total. The number of ether oxygens (including phenoxy) is 1. The number of fused-ring (bicyclic) bond motifs is 1. The Balaban J connectivity index is 1.82. The van der Waals surface area contributed by atoms with Crippen molar-refractivity contribution < 1.29 is 30.7 Å². The molecule has 0 fully saturated rings. The number of pyridine rings is 2. The number of rotatable bonds is 8. The summed E-state index contributed by atoms with van der Waals surface area (Å²) in [6, 6.07) is 7.04. The van der Waals surface area contributed by atoms with Crippen molar-refractivity contribution in [3.63, 3.8) is 0 Å². The molecule has 0 spiro atoms. The second-order valence-corrected chi connectivity index (χ2v) is 9.71. The first-order chi connectivity index (χ1) is 17.0. The lowest BCUT2D eigenvalue weighted by Crippen LogP contribution is -2.29. The molecule has 3 heterocycles. The number of H-pyrrole nitrogens is 1. The third kappa shape index (κ3) is 4.95. The van der Waals surface area contributed by atoms with Crippen LogP contribution in [0.3, 0.4) is 0 Å². The fourth-order valence-corrected chi connectivity index (χ4v) is 4.20. The van der Waals surface area contributed by atoms with Crippen molar-refractivity contribution in [1.82, 2.24) is 19.3 Å². The Kier molecular flexibility index (Phi) is 6.83. The Bertz CT molecular complexity index is 1530. The highest BCUT2D eigenvalue weighted by molar-refractivity contribution is 7.91. The lowest BCUT2D eigenvalue weighted by atomic mass is 9.98. The summed E-state index contributed by atoms with van der Waals surface area (Å²) in [5.74, 6) is -0.648. The molecule has 3 aromatic heterocycles. The van der Waals surface area contributed by atoms with Gasteiger partial charge in [-0.25, -0.2) is 12.8 Å². The van der Waals surface area contributed by atoms with E-state index in [1.54, 1.807) is 18.2 Å². The van der Waals surface area contributed by atoms with Crippen molar-refractivity contribution >= 4 is 21.1 Å². The van der Waals surface area contributed by atoms with Crippen molar-refractivity contribution in [1.29, 1.82) is 0 Å². The summed E-state index contributed by atoms with van der Waals surface area (Å²) in [4.78, 5) is 11.4. The van der Waals surface area contributed by atoms with Gasteiger partial charge in [0, 0.05) is 48.1 Å². The Morgan fingerprint density at radius 1 is 1.17 bits per heavy atom. The third-order valence-corrected chi connectivity index (χ3v) is 6.95. The molecule has 1 N–H and O–H groups in total. The zero-order chi connectivity index (χ0) is 26.1. The summed E-state index contributed by atoms with van der Waals surface area (Å²) in [5, 5.41) is 0.815. The molecule has 0 saturated heterocycles. The van der Waals surface area contributed by atoms with Gasteiger partial charge in [-0.05, 0) is 36.4 Å². The summed E-state index contributed by atoms with van der Waals surface area (Å²) < 4.78 is 85.8. The summed E-state index contributed by atoms with van der Waals surface area (Å²) in [6.07, 6.45) is -0.399. The van der Waals surface area contributed by atoms with Crippen LogP contribution in [0.25, 0.3) is 33.4 Å². The molecule has 0 unspecified atom stereocenters. The molecular formula is C24H20F4N4O3S. The van der Waals surface area contributed by atoms with Gasteiger partial charge in [-0.15, -0.1) is 0 Å². The van der Waals surface area contributed by atoms with Gasteiger partial charge in [0.2, 0.25) is 10.0 Å². The zero-order valence-electron chi connectivity index (χ0n) is 18.9. The first-order valence-electron chi connectivity index (χ1n) is 10.5. The molecule has 0 aliphatic heterocycles. The van der Waals surface area contributed by atoms with Crippen LogP contribution in [0, 0.1) is 5.82 Å². The second kappa shape index (κ2) is 9.70. The molecule has 0 radical (unpaired) electrons. The summed E-state index contributed by atoms with van der Waals surface area (Å²) in [6.45, 7) is 3.20. The van der Waals surface area contributed by atoms with Crippen LogP contribution in [0.1, 0.15) is 5.56 Å². The summed E-state index contributed by atoms with van der Waals surface area (Å²) in [7, 11) is -2.28. The van der Waals surface area contributed by atoms with E-state index in [0.29, 0.717) is 17.1 Å². The zero-order valence-corrected chi connectivity index (χ0v) is 19.7. The number of halogens is 4. The monoisotopic (exact) mass is 520 g/mol.